The average molecular weight is 561 g/mol. The van der Waals surface area contributed by atoms with Crippen LogP contribution in [0.3, 0.4) is 0 Å². The Morgan fingerprint density at radius 2 is 1.85 bits per heavy atom. The van der Waals surface area contributed by atoms with Crippen molar-refractivity contribution in [1.82, 2.24) is 14.8 Å². The molecular weight excluding hydrogens is 528 g/mol. The van der Waals surface area contributed by atoms with E-state index in [1.54, 1.807) is 19.2 Å². The number of amides is 2. The first-order valence-electron chi connectivity index (χ1n) is 13.7. The van der Waals surface area contributed by atoms with E-state index < -0.39 is 0 Å². The Hall–Kier alpha value is -4.35. The summed E-state index contributed by atoms with van der Waals surface area (Å²) in [6.45, 7) is 3.86. The lowest BCUT2D eigenvalue weighted by atomic mass is 9.98. The second kappa shape index (κ2) is 12.0. The molecule has 0 unspecified atom stereocenters. The fraction of sp³-hybridized carbons (Fsp3) is 0.367. The lowest BCUT2D eigenvalue weighted by Gasteiger charge is -2.30. The van der Waals surface area contributed by atoms with Crippen LogP contribution in [-0.2, 0) is 9.53 Å². The highest BCUT2D eigenvalue weighted by molar-refractivity contribution is 6.03. The van der Waals surface area contributed by atoms with E-state index >= 15 is 0 Å². The number of methoxy groups -OCH3 is 1. The molecule has 0 N–H and O–H groups in total. The predicted octanol–water partition coefficient (Wildman–Crippen LogP) is 3.17. The second-order valence-electron chi connectivity index (χ2n) is 10.0. The van der Waals surface area contributed by atoms with E-state index in [-0.39, 0.29) is 37.0 Å². The van der Waals surface area contributed by atoms with Crippen molar-refractivity contribution in [3.05, 3.63) is 77.7 Å². The van der Waals surface area contributed by atoms with Crippen LogP contribution >= 0.6 is 0 Å². The average Bonchev–Trinajstić information content (AvgIpc) is 3.80. The number of furan rings is 1. The number of nitrogens with zero attached hydrogens (tertiary/aromatic N) is 4. The number of morpholine rings is 1. The smallest absolute Gasteiger partial charge is 0.290 e. The summed E-state index contributed by atoms with van der Waals surface area (Å²) in [6, 6.07) is 16.2. The number of benzene rings is 2. The molecule has 11 heteroatoms. The van der Waals surface area contributed by atoms with Crippen LogP contribution in [0.2, 0.25) is 0 Å². The topological polar surface area (TPSA) is 106 Å². The lowest BCUT2D eigenvalue weighted by Crippen LogP contribution is -2.46. The molecule has 41 heavy (non-hydrogen) atoms. The van der Waals surface area contributed by atoms with Gasteiger partial charge in [0.1, 0.15) is 12.3 Å². The normalized spacial score (nSPS) is 18.3. The summed E-state index contributed by atoms with van der Waals surface area (Å²) >= 11 is 0. The fourth-order valence-corrected chi connectivity index (χ4v) is 5.21. The van der Waals surface area contributed by atoms with E-state index in [4.69, 9.17) is 28.5 Å². The second-order valence-corrected chi connectivity index (χ2v) is 10.0. The van der Waals surface area contributed by atoms with E-state index in [0.29, 0.717) is 44.2 Å². The molecule has 4 heterocycles. The van der Waals surface area contributed by atoms with Crippen molar-refractivity contribution >= 4 is 17.5 Å². The Labute approximate surface area is 237 Å². The molecule has 11 nitrogen and oxygen atoms in total. The molecule has 3 aliphatic heterocycles. The molecule has 214 valence electrons. The molecule has 6 rings (SSSR count). The number of rotatable bonds is 9. The van der Waals surface area contributed by atoms with Gasteiger partial charge in [0.25, 0.3) is 11.8 Å². The van der Waals surface area contributed by atoms with Crippen molar-refractivity contribution < 1.29 is 33.0 Å². The number of carbonyl (C=O) groups is 2. The highest BCUT2D eigenvalue weighted by atomic mass is 16.7. The molecule has 0 bridgehead atoms. The number of carbonyl (C=O) groups excluding carboxylic acids is 2. The summed E-state index contributed by atoms with van der Waals surface area (Å²) in [5.41, 5.74) is 2.52. The van der Waals surface area contributed by atoms with Gasteiger partial charge in [-0.1, -0.05) is 6.07 Å². The molecule has 2 aromatic carbocycles. The van der Waals surface area contributed by atoms with Crippen LogP contribution < -0.4 is 14.2 Å². The quantitative estimate of drug-likeness (QED) is 0.393. The molecule has 3 aliphatic rings. The van der Waals surface area contributed by atoms with Crippen molar-refractivity contribution in [2.45, 2.75) is 12.5 Å². The van der Waals surface area contributed by atoms with E-state index in [1.807, 2.05) is 42.5 Å². The first-order chi connectivity index (χ1) is 20.1. The number of fused-ring (bicyclic) bond motifs is 1. The van der Waals surface area contributed by atoms with Gasteiger partial charge in [0.15, 0.2) is 17.3 Å². The van der Waals surface area contributed by atoms with E-state index in [2.05, 4.69) is 4.90 Å². The molecule has 0 radical (unpaired) electrons. The Balaban J connectivity index is 1.26. The monoisotopic (exact) mass is 560 g/mol. The number of hydrazone groups is 1. The van der Waals surface area contributed by atoms with E-state index in [0.717, 1.165) is 35.7 Å². The van der Waals surface area contributed by atoms with Crippen LogP contribution in [0, 0.1) is 0 Å². The van der Waals surface area contributed by atoms with Crippen LogP contribution in [0.1, 0.15) is 34.1 Å². The van der Waals surface area contributed by atoms with Gasteiger partial charge in [-0.3, -0.25) is 14.5 Å². The summed E-state index contributed by atoms with van der Waals surface area (Å²) < 4.78 is 27.2. The van der Waals surface area contributed by atoms with Crippen LogP contribution in [0.5, 0.6) is 17.2 Å². The lowest BCUT2D eigenvalue weighted by molar-refractivity contribution is -0.133. The van der Waals surface area contributed by atoms with Gasteiger partial charge >= 0.3 is 0 Å². The van der Waals surface area contributed by atoms with Gasteiger partial charge in [0, 0.05) is 32.6 Å². The van der Waals surface area contributed by atoms with Crippen molar-refractivity contribution in [1.29, 1.82) is 0 Å². The molecule has 1 fully saturated rings. The van der Waals surface area contributed by atoms with Crippen LogP contribution in [0.4, 0.5) is 0 Å². The summed E-state index contributed by atoms with van der Waals surface area (Å²) in [5, 5.41) is 6.28. The number of ether oxygens (including phenoxy) is 4. The molecule has 1 saturated heterocycles. The zero-order valence-corrected chi connectivity index (χ0v) is 22.9. The van der Waals surface area contributed by atoms with Gasteiger partial charge in [0.2, 0.25) is 6.79 Å². The fourth-order valence-electron chi connectivity index (χ4n) is 5.21. The van der Waals surface area contributed by atoms with Crippen molar-refractivity contribution in [2.75, 3.05) is 59.8 Å². The molecule has 0 spiro atoms. The van der Waals surface area contributed by atoms with Crippen molar-refractivity contribution in [2.24, 2.45) is 5.10 Å². The van der Waals surface area contributed by atoms with Gasteiger partial charge in [0.05, 0.1) is 38.3 Å². The molecule has 0 aliphatic carbocycles. The maximum Gasteiger partial charge on any atom is 0.290 e. The third-order valence-electron chi connectivity index (χ3n) is 7.51. The van der Waals surface area contributed by atoms with E-state index in [1.165, 1.54) is 16.2 Å². The molecule has 3 aromatic rings. The van der Waals surface area contributed by atoms with Gasteiger partial charge in [-0.15, -0.1) is 0 Å². The van der Waals surface area contributed by atoms with Gasteiger partial charge in [-0.25, -0.2) is 5.01 Å². The zero-order chi connectivity index (χ0) is 28.2. The first-order valence-corrected chi connectivity index (χ1v) is 13.7. The number of hydrogen-bond acceptors (Lipinski definition) is 9. The van der Waals surface area contributed by atoms with Gasteiger partial charge in [-0.2, -0.15) is 5.10 Å². The van der Waals surface area contributed by atoms with Gasteiger partial charge < -0.3 is 28.3 Å². The summed E-state index contributed by atoms with van der Waals surface area (Å²) in [7, 11) is 1.62. The third kappa shape index (κ3) is 5.91. The highest BCUT2D eigenvalue weighted by Crippen LogP contribution is 2.39. The minimum absolute atomic E-state index is 0.148. The standard InChI is InChI=1S/C30H32N4O7/c1-37-23-7-4-21(5-8-23)24-18-25(22-6-9-26-28(17-22)41-20-40-26)34(31-24)29(35)19-33(30(36)27-3-2-14-39-27)11-10-32-12-15-38-16-13-32/h2-9,14,17,25H,10-13,15-16,18-20H2,1H3/t25-/m1/s1. The van der Waals surface area contributed by atoms with Crippen LogP contribution in [0.25, 0.3) is 0 Å². The van der Waals surface area contributed by atoms with Crippen LogP contribution in [0.15, 0.2) is 70.4 Å². The highest BCUT2D eigenvalue weighted by Gasteiger charge is 2.35. The Morgan fingerprint density at radius 3 is 2.61 bits per heavy atom. The maximum atomic E-state index is 14.0. The Kier molecular flexibility index (Phi) is 7.88. The largest absolute Gasteiger partial charge is 0.497 e. The van der Waals surface area contributed by atoms with Crippen molar-refractivity contribution in [3.63, 3.8) is 0 Å². The SMILES string of the molecule is COc1ccc(C2=NN(C(=O)CN(CCN3CCOCC3)C(=O)c3ccco3)[C@@H](c3ccc4c(c3)OCO4)C2)cc1. The van der Waals surface area contributed by atoms with Crippen LogP contribution in [-0.4, -0.2) is 92.2 Å². The van der Waals surface area contributed by atoms with Gasteiger partial charge in [-0.05, 0) is 59.7 Å². The molecule has 1 aromatic heterocycles. The molecule has 2 amide bonds. The first kappa shape index (κ1) is 26.9. The minimum Gasteiger partial charge on any atom is -0.497 e. The minimum atomic E-state index is -0.381. The van der Waals surface area contributed by atoms with Crippen molar-refractivity contribution in [3.8, 4) is 17.2 Å². The number of hydrogen-bond donors (Lipinski definition) is 0. The molecular formula is C30H32N4O7. The zero-order valence-electron chi connectivity index (χ0n) is 22.9. The molecule has 0 saturated carbocycles. The van der Waals surface area contributed by atoms with E-state index in [9.17, 15) is 9.59 Å². The summed E-state index contributed by atoms with van der Waals surface area (Å²) in [5.74, 6) is 1.59. The maximum absolute atomic E-state index is 14.0. The Bertz CT molecular complexity index is 1400. The Morgan fingerprint density at radius 1 is 1.05 bits per heavy atom. The summed E-state index contributed by atoms with van der Waals surface area (Å²) in [4.78, 5) is 31.1. The predicted molar refractivity (Wildman–Crippen MR) is 148 cm³/mol. The summed E-state index contributed by atoms with van der Waals surface area (Å²) in [6.07, 6.45) is 1.95. The third-order valence-corrected chi connectivity index (χ3v) is 7.51. The molecule has 1 atom stereocenters.